The molecule has 2 aromatic rings. The summed E-state index contributed by atoms with van der Waals surface area (Å²) in [5.41, 5.74) is 0.248. The predicted octanol–water partition coefficient (Wildman–Crippen LogP) is 2.60. The monoisotopic (exact) mass is 329 g/mol. The predicted molar refractivity (Wildman–Crippen MR) is 91.0 cm³/mol. The lowest BCUT2D eigenvalue weighted by Gasteiger charge is -2.27. The lowest BCUT2D eigenvalue weighted by atomic mass is 9.94. The molecule has 2 N–H and O–H groups in total. The highest BCUT2D eigenvalue weighted by molar-refractivity contribution is 7.80. The number of hydrogen-bond acceptors (Lipinski definition) is 4. The van der Waals surface area contributed by atoms with Crippen molar-refractivity contribution in [3.05, 3.63) is 57.8 Å². The minimum absolute atomic E-state index is 0.162. The number of thiol groups is 1. The Balaban J connectivity index is 1.83. The minimum Gasteiger partial charge on any atom is -0.342 e. The van der Waals surface area contributed by atoms with Crippen molar-refractivity contribution < 1.29 is 4.79 Å². The molecule has 3 rings (SSSR count). The number of aromatic nitrogens is 2. The van der Waals surface area contributed by atoms with Crippen molar-refractivity contribution in [1.82, 2.24) is 15.3 Å². The number of carbonyl (C=O) groups is 1. The molecular formula is C17H19N3O2S. The first-order chi connectivity index (χ1) is 10.8. The highest BCUT2D eigenvalue weighted by Gasteiger charge is 2.28. The molecule has 0 saturated heterocycles. The van der Waals surface area contributed by atoms with E-state index in [9.17, 15) is 9.59 Å². The molecule has 5 nitrogen and oxygen atoms in total. The molecule has 1 heterocycles. The van der Waals surface area contributed by atoms with Crippen LogP contribution in [0.25, 0.3) is 0 Å². The fraction of sp³-hybridized carbons (Fsp3) is 0.353. The summed E-state index contributed by atoms with van der Waals surface area (Å²) in [7, 11) is 0. The molecule has 120 valence electrons. The van der Waals surface area contributed by atoms with E-state index in [2.05, 4.69) is 27.9 Å². The molecule has 1 aromatic carbocycles. The first-order valence-corrected chi connectivity index (χ1v) is 8.03. The molecule has 0 spiro atoms. The molecular weight excluding hydrogens is 310 g/mol. The average molecular weight is 329 g/mol. The zero-order valence-electron chi connectivity index (χ0n) is 13.1. The van der Waals surface area contributed by atoms with Gasteiger partial charge in [-0.15, -0.1) is 12.6 Å². The third-order valence-electron chi connectivity index (χ3n) is 3.97. The topological polar surface area (TPSA) is 74.8 Å². The summed E-state index contributed by atoms with van der Waals surface area (Å²) in [6.07, 6.45) is 2.02. The molecule has 1 aromatic heterocycles. The van der Waals surface area contributed by atoms with Crippen molar-refractivity contribution in [3.8, 4) is 0 Å². The summed E-state index contributed by atoms with van der Waals surface area (Å²) in [4.78, 5) is 32.1. The first kappa shape index (κ1) is 15.8. The Hall–Kier alpha value is -2.08. The van der Waals surface area contributed by atoms with Gasteiger partial charge in [0.2, 0.25) is 0 Å². The molecule has 0 bridgehead atoms. The third kappa shape index (κ3) is 3.64. The van der Waals surface area contributed by atoms with Gasteiger partial charge in [0.15, 0.2) is 0 Å². The van der Waals surface area contributed by atoms with Crippen LogP contribution in [0.1, 0.15) is 54.5 Å². The Morgan fingerprint density at radius 2 is 1.96 bits per heavy atom. The number of aromatic amines is 1. The van der Waals surface area contributed by atoms with E-state index in [1.807, 2.05) is 38.1 Å². The van der Waals surface area contributed by atoms with Crippen molar-refractivity contribution in [2.24, 2.45) is 0 Å². The van der Waals surface area contributed by atoms with Gasteiger partial charge in [0.05, 0.1) is 5.54 Å². The number of H-pyrrole nitrogens is 1. The second kappa shape index (κ2) is 5.85. The van der Waals surface area contributed by atoms with Gasteiger partial charge in [0, 0.05) is 16.9 Å². The SMILES string of the molecule is CC(C)(NC(=O)c1cc(=O)[nH]c(C2CC2)n1)c1ccc(S)cc1. The smallest absolute Gasteiger partial charge is 0.270 e. The van der Waals surface area contributed by atoms with Crippen molar-refractivity contribution in [1.29, 1.82) is 0 Å². The quantitative estimate of drug-likeness (QED) is 0.755. The van der Waals surface area contributed by atoms with Gasteiger partial charge < -0.3 is 10.3 Å². The summed E-state index contributed by atoms with van der Waals surface area (Å²) in [6.45, 7) is 3.82. The van der Waals surface area contributed by atoms with E-state index in [1.54, 1.807) is 0 Å². The van der Waals surface area contributed by atoms with Gasteiger partial charge in [0.1, 0.15) is 11.5 Å². The number of rotatable bonds is 4. The van der Waals surface area contributed by atoms with E-state index in [1.165, 1.54) is 6.07 Å². The standard InChI is InChI=1S/C17H19N3O2S/c1-17(2,11-5-7-12(23)8-6-11)20-16(22)13-9-14(21)19-15(18-13)10-3-4-10/h5-10,23H,3-4H2,1-2H3,(H,20,22)(H,18,19,21). The van der Waals surface area contributed by atoms with Crippen LogP contribution in [0.15, 0.2) is 40.0 Å². The number of carbonyl (C=O) groups excluding carboxylic acids is 1. The van der Waals surface area contributed by atoms with Gasteiger partial charge in [0.25, 0.3) is 11.5 Å². The Morgan fingerprint density at radius 3 is 2.57 bits per heavy atom. The molecule has 23 heavy (non-hydrogen) atoms. The van der Waals surface area contributed by atoms with E-state index in [-0.39, 0.29) is 23.1 Å². The Labute approximate surface area is 140 Å². The van der Waals surface area contributed by atoms with Gasteiger partial charge in [-0.1, -0.05) is 12.1 Å². The van der Waals surface area contributed by atoms with Crippen LogP contribution >= 0.6 is 12.6 Å². The van der Waals surface area contributed by atoms with Crippen molar-refractivity contribution in [2.75, 3.05) is 0 Å². The summed E-state index contributed by atoms with van der Waals surface area (Å²) in [5.74, 6) is 0.546. The number of nitrogens with zero attached hydrogens (tertiary/aromatic N) is 1. The molecule has 1 amide bonds. The normalized spacial score (nSPS) is 14.6. The second-order valence-electron chi connectivity index (χ2n) is 6.42. The first-order valence-electron chi connectivity index (χ1n) is 7.58. The van der Waals surface area contributed by atoms with Gasteiger partial charge in [-0.25, -0.2) is 4.98 Å². The molecule has 1 saturated carbocycles. The van der Waals surface area contributed by atoms with Gasteiger partial charge in [-0.3, -0.25) is 9.59 Å². The highest BCUT2D eigenvalue weighted by atomic mass is 32.1. The van der Waals surface area contributed by atoms with E-state index >= 15 is 0 Å². The van der Waals surface area contributed by atoms with Crippen LogP contribution in [0.4, 0.5) is 0 Å². The Morgan fingerprint density at radius 1 is 1.30 bits per heavy atom. The molecule has 0 atom stereocenters. The summed E-state index contributed by atoms with van der Waals surface area (Å²) in [5, 5.41) is 2.94. The van der Waals surface area contributed by atoms with Gasteiger partial charge in [-0.05, 0) is 44.4 Å². The zero-order chi connectivity index (χ0) is 16.6. The molecule has 0 radical (unpaired) electrons. The number of nitrogens with one attached hydrogen (secondary N) is 2. The number of hydrogen-bond donors (Lipinski definition) is 3. The van der Waals surface area contributed by atoms with E-state index in [4.69, 9.17) is 0 Å². The lowest BCUT2D eigenvalue weighted by Crippen LogP contribution is -2.41. The van der Waals surface area contributed by atoms with Crippen molar-refractivity contribution >= 4 is 18.5 Å². The van der Waals surface area contributed by atoms with Crippen molar-refractivity contribution in [3.63, 3.8) is 0 Å². The number of benzene rings is 1. The molecule has 1 fully saturated rings. The third-order valence-corrected chi connectivity index (χ3v) is 4.27. The van der Waals surface area contributed by atoms with E-state index in [0.29, 0.717) is 5.82 Å². The van der Waals surface area contributed by atoms with Crippen LogP contribution in [-0.4, -0.2) is 15.9 Å². The zero-order valence-corrected chi connectivity index (χ0v) is 14.0. The van der Waals surface area contributed by atoms with Crippen LogP contribution in [0, 0.1) is 0 Å². The molecule has 1 aliphatic rings. The maximum absolute atomic E-state index is 12.5. The average Bonchev–Trinajstić information content (AvgIpc) is 3.31. The number of amides is 1. The minimum atomic E-state index is -0.581. The van der Waals surface area contributed by atoms with E-state index < -0.39 is 5.54 Å². The van der Waals surface area contributed by atoms with Crippen molar-refractivity contribution in [2.45, 2.75) is 43.0 Å². The maximum Gasteiger partial charge on any atom is 0.270 e. The highest BCUT2D eigenvalue weighted by Crippen LogP contribution is 2.37. The summed E-state index contributed by atoms with van der Waals surface area (Å²) >= 11 is 4.27. The summed E-state index contributed by atoms with van der Waals surface area (Å²) in [6, 6.07) is 8.84. The fourth-order valence-corrected chi connectivity index (χ4v) is 2.59. The lowest BCUT2D eigenvalue weighted by molar-refractivity contribution is 0.0906. The van der Waals surface area contributed by atoms with Crippen LogP contribution in [0.3, 0.4) is 0 Å². The van der Waals surface area contributed by atoms with Crippen LogP contribution in [-0.2, 0) is 5.54 Å². The van der Waals surface area contributed by atoms with Gasteiger partial charge >= 0.3 is 0 Å². The molecule has 0 aliphatic heterocycles. The Bertz CT molecular complexity index is 792. The second-order valence-corrected chi connectivity index (χ2v) is 6.93. The van der Waals surface area contributed by atoms with Crippen LogP contribution < -0.4 is 10.9 Å². The summed E-state index contributed by atoms with van der Waals surface area (Å²) < 4.78 is 0. The van der Waals surface area contributed by atoms with Crippen LogP contribution in [0.2, 0.25) is 0 Å². The fourth-order valence-electron chi connectivity index (χ4n) is 2.44. The van der Waals surface area contributed by atoms with Gasteiger partial charge in [-0.2, -0.15) is 0 Å². The molecule has 1 aliphatic carbocycles. The molecule has 6 heteroatoms. The van der Waals surface area contributed by atoms with Crippen LogP contribution in [0.5, 0.6) is 0 Å². The van der Waals surface area contributed by atoms with E-state index in [0.717, 1.165) is 23.3 Å². The maximum atomic E-state index is 12.5. The molecule has 0 unspecified atom stereocenters. The Kier molecular flexibility index (Phi) is 4.02. The largest absolute Gasteiger partial charge is 0.342 e.